The molecule has 11 heteroatoms. The molecule has 8 nitrogen and oxygen atoms in total. The Kier molecular flexibility index (Phi) is 4.69. The maximum atomic E-state index is 12.7. The zero-order valence-electron chi connectivity index (χ0n) is 15.4. The third-order valence-electron chi connectivity index (χ3n) is 5.16. The van der Waals surface area contributed by atoms with Gasteiger partial charge in [-0.05, 0) is 24.1 Å². The number of nitrogens with zero attached hydrogens (tertiary/aromatic N) is 2. The van der Waals surface area contributed by atoms with Gasteiger partial charge < -0.3 is 9.97 Å². The number of hydrogen-bond donors (Lipinski definition) is 2. The molecule has 0 aliphatic carbocycles. The van der Waals surface area contributed by atoms with E-state index in [1.54, 1.807) is 0 Å². The molecule has 0 fully saturated rings. The van der Waals surface area contributed by atoms with Gasteiger partial charge in [0, 0.05) is 36.8 Å². The van der Waals surface area contributed by atoms with Gasteiger partial charge in [0.15, 0.2) is 0 Å². The second-order valence-corrected chi connectivity index (χ2v) is 7.10. The maximum Gasteiger partial charge on any atom is 0.416 e. The number of alkyl halides is 3. The Hall–Kier alpha value is -3.47. The molecule has 0 unspecified atom stereocenters. The average molecular weight is 420 g/mol. The summed E-state index contributed by atoms with van der Waals surface area (Å²) in [5.41, 5.74) is -0.535. The van der Waals surface area contributed by atoms with Gasteiger partial charge in [0.2, 0.25) is 0 Å². The lowest BCUT2D eigenvalue weighted by Crippen LogP contribution is -2.33. The molecule has 2 aromatic carbocycles. The third kappa shape index (κ3) is 3.59. The van der Waals surface area contributed by atoms with Crippen LogP contribution >= 0.6 is 0 Å². The fourth-order valence-corrected chi connectivity index (χ4v) is 3.74. The van der Waals surface area contributed by atoms with Gasteiger partial charge >= 0.3 is 17.3 Å². The highest BCUT2D eigenvalue weighted by molar-refractivity contribution is 5.83. The minimum Gasteiger partial charge on any atom is -0.316 e. The van der Waals surface area contributed by atoms with Crippen molar-refractivity contribution in [1.29, 1.82) is 0 Å². The second kappa shape index (κ2) is 7.10. The van der Waals surface area contributed by atoms with E-state index in [0.29, 0.717) is 41.7 Å². The molecule has 2 N–H and O–H groups in total. The lowest BCUT2D eigenvalue weighted by molar-refractivity contribution is -0.385. The Bertz CT molecular complexity index is 1260. The van der Waals surface area contributed by atoms with Crippen molar-refractivity contribution in [2.75, 3.05) is 6.54 Å². The number of rotatable bonds is 3. The number of aromatic nitrogens is 2. The summed E-state index contributed by atoms with van der Waals surface area (Å²) in [6.07, 6.45) is -4.09. The molecule has 1 aliphatic rings. The fourth-order valence-electron chi connectivity index (χ4n) is 3.74. The summed E-state index contributed by atoms with van der Waals surface area (Å²) in [4.78, 5) is 41.1. The average Bonchev–Trinajstić information content (AvgIpc) is 2.68. The van der Waals surface area contributed by atoms with Crippen LogP contribution in [0.25, 0.3) is 11.0 Å². The van der Waals surface area contributed by atoms with Crippen LogP contribution in [0.1, 0.15) is 22.3 Å². The van der Waals surface area contributed by atoms with Crippen molar-refractivity contribution in [2.24, 2.45) is 0 Å². The van der Waals surface area contributed by atoms with Crippen molar-refractivity contribution in [3.05, 3.63) is 83.4 Å². The normalized spacial score (nSPS) is 14.6. The van der Waals surface area contributed by atoms with Gasteiger partial charge in [-0.25, -0.2) is 0 Å². The van der Waals surface area contributed by atoms with E-state index in [4.69, 9.17) is 0 Å². The number of aromatic amines is 2. The molecule has 0 radical (unpaired) electrons. The first-order valence-corrected chi connectivity index (χ1v) is 8.97. The lowest BCUT2D eigenvalue weighted by Gasteiger charge is -2.29. The van der Waals surface area contributed by atoms with E-state index in [2.05, 4.69) is 9.97 Å². The van der Waals surface area contributed by atoms with Crippen LogP contribution in [0, 0.1) is 10.1 Å². The number of nitro benzene ring substituents is 1. The summed E-state index contributed by atoms with van der Waals surface area (Å²) in [7, 11) is 0. The van der Waals surface area contributed by atoms with Crippen LogP contribution in [0.15, 0.2) is 39.9 Å². The Morgan fingerprint density at radius 1 is 1.07 bits per heavy atom. The number of nitro groups is 1. The summed E-state index contributed by atoms with van der Waals surface area (Å²) in [5, 5.41) is 11.5. The fraction of sp³-hybridized carbons (Fsp3) is 0.263. The zero-order chi connectivity index (χ0) is 21.6. The van der Waals surface area contributed by atoms with Crippen molar-refractivity contribution in [3.8, 4) is 0 Å². The molecule has 0 atom stereocenters. The Morgan fingerprint density at radius 2 is 1.73 bits per heavy atom. The number of halogens is 3. The first-order valence-electron chi connectivity index (χ1n) is 8.97. The largest absolute Gasteiger partial charge is 0.416 e. The molecule has 0 spiro atoms. The van der Waals surface area contributed by atoms with E-state index >= 15 is 0 Å². The van der Waals surface area contributed by atoms with E-state index in [1.807, 2.05) is 4.90 Å². The Morgan fingerprint density at radius 3 is 2.37 bits per heavy atom. The molecule has 3 aromatic rings. The summed E-state index contributed by atoms with van der Waals surface area (Å²) in [6.45, 7) is 1.01. The molecule has 4 rings (SSSR count). The third-order valence-corrected chi connectivity index (χ3v) is 5.16. The van der Waals surface area contributed by atoms with Gasteiger partial charge in [0.1, 0.15) is 0 Å². The topological polar surface area (TPSA) is 112 Å². The second-order valence-electron chi connectivity index (χ2n) is 7.10. The molecule has 0 saturated heterocycles. The van der Waals surface area contributed by atoms with Crippen molar-refractivity contribution in [1.82, 2.24) is 14.9 Å². The van der Waals surface area contributed by atoms with Crippen LogP contribution in [0.5, 0.6) is 0 Å². The van der Waals surface area contributed by atoms with Gasteiger partial charge in [0.05, 0.1) is 21.5 Å². The van der Waals surface area contributed by atoms with Crippen molar-refractivity contribution >= 4 is 16.7 Å². The van der Waals surface area contributed by atoms with Crippen LogP contribution < -0.4 is 11.1 Å². The van der Waals surface area contributed by atoms with Gasteiger partial charge in [-0.3, -0.25) is 24.6 Å². The van der Waals surface area contributed by atoms with Crippen molar-refractivity contribution in [3.63, 3.8) is 0 Å². The van der Waals surface area contributed by atoms with Crippen LogP contribution in [0.2, 0.25) is 0 Å². The molecule has 30 heavy (non-hydrogen) atoms. The molecule has 0 amide bonds. The SMILES string of the molecule is O=c1[nH]c2cc([N+](=O)[O-])c3c(c2[nH]c1=O)CN(Cc1ccc(C(F)(F)F)cc1)CC3. The summed E-state index contributed by atoms with van der Waals surface area (Å²) in [6, 6.07) is 6.04. The van der Waals surface area contributed by atoms with Crippen LogP contribution in [-0.2, 0) is 25.7 Å². The molecule has 0 saturated carbocycles. The minimum absolute atomic E-state index is 0.144. The highest BCUT2D eigenvalue weighted by Gasteiger charge is 2.30. The molecule has 156 valence electrons. The Labute approximate surface area is 166 Å². The van der Waals surface area contributed by atoms with Gasteiger partial charge in [-0.2, -0.15) is 13.2 Å². The first kappa shape index (κ1) is 19.8. The predicted octanol–water partition coefficient (Wildman–Crippen LogP) is 2.70. The molecule has 1 aliphatic heterocycles. The quantitative estimate of drug-likeness (QED) is 0.384. The van der Waals surface area contributed by atoms with Gasteiger partial charge in [-0.15, -0.1) is 0 Å². The molecule has 0 bridgehead atoms. The maximum absolute atomic E-state index is 12.7. The monoisotopic (exact) mass is 420 g/mol. The minimum atomic E-state index is -4.41. The van der Waals surface area contributed by atoms with Crippen molar-refractivity contribution < 1.29 is 18.1 Å². The van der Waals surface area contributed by atoms with Crippen LogP contribution in [0.4, 0.5) is 18.9 Å². The lowest BCUT2D eigenvalue weighted by atomic mass is 9.95. The first-order chi connectivity index (χ1) is 14.1. The molecule has 1 aromatic heterocycles. The predicted molar refractivity (Wildman–Crippen MR) is 101 cm³/mol. The molecule has 2 heterocycles. The van der Waals surface area contributed by atoms with E-state index in [9.17, 15) is 32.9 Å². The number of benzene rings is 2. The van der Waals surface area contributed by atoms with E-state index in [-0.39, 0.29) is 17.7 Å². The van der Waals surface area contributed by atoms with E-state index in [0.717, 1.165) is 12.1 Å². The van der Waals surface area contributed by atoms with Crippen LogP contribution in [0.3, 0.4) is 0 Å². The highest BCUT2D eigenvalue weighted by Crippen LogP contribution is 2.33. The standard InChI is InChI=1S/C19H15F3N4O4/c20-19(21,22)11-3-1-10(2-4-11)8-25-6-5-12-13(9-25)16-14(7-15(12)26(29)30)23-17(27)18(28)24-16/h1-4,7H,5-6,8-9H2,(H,23,27)(H,24,28). The number of H-pyrrole nitrogens is 2. The summed E-state index contributed by atoms with van der Waals surface area (Å²) >= 11 is 0. The van der Waals surface area contributed by atoms with E-state index < -0.39 is 27.8 Å². The zero-order valence-corrected chi connectivity index (χ0v) is 15.4. The smallest absolute Gasteiger partial charge is 0.316 e. The molecular weight excluding hydrogens is 405 g/mol. The van der Waals surface area contributed by atoms with Gasteiger partial charge in [0.25, 0.3) is 5.69 Å². The number of fused-ring (bicyclic) bond motifs is 3. The van der Waals surface area contributed by atoms with Crippen LogP contribution in [-0.4, -0.2) is 26.3 Å². The van der Waals surface area contributed by atoms with Gasteiger partial charge in [-0.1, -0.05) is 12.1 Å². The molecular formula is C19H15F3N4O4. The Balaban J connectivity index is 1.70. The summed E-state index contributed by atoms with van der Waals surface area (Å²) in [5.74, 6) is 0. The summed E-state index contributed by atoms with van der Waals surface area (Å²) < 4.78 is 38.2. The van der Waals surface area contributed by atoms with E-state index in [1.165, 1.54) is 18.2 Å². The number of hydrogen-bond acceptors (Lipinski definition) is 5. The number of nitrogens with one attached hydrogen (secondary N) is 2. The van der Waals surface area contributed by atoms with Crippen molar-refractivity contribution in [2.45, 2.75) is 25.7 Å². The highest BCUT2D eigenvalue weighted by atomic mass is 19.4.